The van der Waals surface area contributed by atoms with E-state index in [1.54, 1.807) is 12.1 Å². The van der Waals surface area contributed by atoms with E-state index in [1.807, 2.05) is 74.6 Å². The highest BCUT2D eigenvalue weighted by atomic mass is 16.7. The summed E-state index contributed by atoms with van der Waals surface area (Å²) < 4.78 is 16.8. The molecule has 1 aliphatic heterocycles. The quantitative estimate of drug-likeness (QED) is 0.433. The van der Waals surface area contributed by atoms with Gasteiger partial charge in [0.25, 0.3) is 0 Å². The lowest BCUT2D eigenvalue weighted by Gasteiger charge is -2.32. The smallest absolute Gasteiger partial charge is 0.301 e. The number of hydrogen-bond acceptors (Lipinski definition) is 5. The molecule has 5 heteroatoms. The zero-order valence-corrected chi connectivity index (χ0v) is 16.3. The molecule has 146 valence electrons. The molecule has 5 nitrogen and oxygen atoms in total. The molecule has 0 N–H and O–H groups in total. The van der Waals surface area contributed by atoms with Crippen LogP contribution in [0.3, 0.4) is 0 Å². The normalized spacial score (nSPS) is 11.9. The zero-order chi connectivity index (χ0) is 20.2. The molecular weight excluding hydrogens is 366 g/mol. The third-order valence-electron chi connectivity index (χ3n) is 4.77. The Bertz CT molecular complexity index is 1010. The van der Waals surface area contributed by atoms with Crippen molar-refractivity contribution >= 4 is 23.4 Å². The standard InChI is InChI=1S/C24H21NO4/c1-3-27-17-12-14-18(15-13-17)29-24(28-16-26)23-19-8-4-6-10-21(19)25(2)22-11-7-5-9-20(22)23/h4-16H,3H2,1-2H3. The first-order valence-corrected chi connectivity index (χ1v) is 9.40. The van der Waals surface area contributed by atoms with Gasteiger partial charge in [0.1, 0.15) is 11.5 Å². The number of para-hydroxylation sites is 2. The molecule has 0 unspecified atom stereocenters. The van der Waals surface area contributed by atoms with E-state index in [2.05, 4.69) is 4.90 Å². The maximum absolute atomic E-state index is 11.3. The number of anilines is 2. The first kappa shape index (κ1) is 18.6. The van der Waals surface area contributed by atoms with Gasteiger partial charge in [-0.3, -0.25) is 4.79 Å². The Balaban J connectivity index is 1.85. The molecule has 0 radical (unpaired) electrons. The fourth-order valence-electron chi connectivity index (χ4n) is 3.51. The molecule has 0 saturated carbocycles. The van der Waals surface area contributed by atoms with Gasteiger partial charge >= 0.3 is 12.4 Å². The average molecular weight is 387 g/mol. The fraction of sp³-hybridized carbons (Fsp3) is 0.125. The highest BCUT2D eigenvalue weighted by Crippen LogP contribution is 2.45. The molecule has 0 amide bonds. The molecule has 1 aliphatic rings. The van der Waals surface area contributed by atoms with Crippen molar-refractivity contribution in [2.75, 3.05) is 18.6 Å². The zero-order valence-electron chi connectivity index (χ0n) is 16.3. The lowest BCUT2D eigenvalue weighted by Crippen LogP contribution is -2.19. The highest BCUT2D eigenvalue weighted by Gasteiger charge is 2.28. The van der Waals surface area contributed by atoms with Crippen molar-refractivity contribution in [3.63, 3.8) is 0 Å². The van der Waals surface area contributed by atoms with Crippen molar-refractivity contribution < 1.29 is 19.0 Å². The predicted molar refractivity (Wildman–Crippen MR) is 112 cm³/mol. The van der Waals surface area contributed by atoms with Crippen molar-refractivity contribution in [2.45, 2.75) is 6.92 Å². The predicted octanol–water partition coefficient (Wildman–Crippen LogP) is 5.14. The van der Waals surface area contributed by atoms with Gasteiger partial charge < -0.3 is 19.1 Å². The van der Waals surface area contributed by atoms with Gasteiger partial charge in [-0.1, -0.05) is 36.4 Å². The van der Waals surface area contributed by atoms with E-state index < -0.39 is 0 Å². The molecule has 4 rings (SSSR count). The molecule has 0 aliphatic carbocycles. The molecular formula is C24H21NO4. The number of benzene rings is 3. The van der Waals surface area contributed by atoms with Gasteiger partial charge in [0.15, 0.2) is 0 Å². The fourth-order valence-corrected chi connectivity index (χ4v) is 3.51. The lowest BCUT2D eigenvalue weighted by molar-refractivity contribution is -0.127. The SMILES string of the molecule is CCOc1ccc(OC(OC=O)=C2c3ccccc3N(C)c3ccccc32)cc1. The van der Waals surface area contributed by atoms with Gasteiger partial charge in [0.05, 0.1) is 12.2 Å². The van der Waals surface area contributed by atoms with Gasteiger partial charge in [-0.05, 0) is 43.3 Å². The van der Waals surface area contributed by atoms with Crippen LogP contribution in [0, 0.1) is 0 Å². The molecule has 0 spiro atoms. The second kappa shape index (κ2) is 8.10. The number of ether oxygens (including phenoxy) is 3. The van der Waals surface area contributed by atoms with Crippen molar-refractivity contribution in [2.24, 2.45) is 0 Å². The van der Waals surface area contributed by atoms with Crippen molar-refractivity contribution in [1.29, 1.82) is 0 Å². The van der Waals surface area contributed by atoms with Crippen LogP contribution >= 0.6 is 0 Å². The lowest BCUT2D eigenvalue weighted by atomic mass is 9.91. The number of carbonyl (C=O) groups is 1. The Hall–Kier alpha value is -3.73. The van der Waals surface area contributed by atoms with Crippen LogP contribution in [0.5, 0.6) is 11.5 Å². The average Bonchev–Trinajstić information content (AvgIpc) is 2.76. The Kier molecular flexibility index (Phi) is 5.20. The van der Waals surface area contributed by atoms with E-state index in [0.29, 0.717) is 18.8 Å². The van der Waals surface area contributed by atoms with Crippen molar-refractivity contribution in [1.82, 2.24) is 0 Å². The molecule has 0 fully saturated rings. The Morgan fingerprint density at radius 1 is 0.862 bits per heavy atom. The minimum absolute atomic E-state index is 0.136. The molecule has 1 heterocycles. The van der Waals surface area contributed by atoms with Crippen LogP contribution in [0.2, 0.25) is 0 Å². The maximum Gasteiger partial charge on any atom is 0.301 e. The van der Waals surface area contributed by atoms with Gasteiger partial charge in [0.2, 0.25) is 0 Å². The van der Waals surface area contributed by atoms with E-state index >= 15 is 0 Å². The van der Waals surface area contributed by atoms with Gasteiger partial charge in [0, 0.05) is 29.5 Å². The summed E-state index contributed by atoms with van der Waals surface area (Å²) in [5, 5.41) is 0. The van der Waals surface area contributed by atoms with E-state index in [0.717, 1.165) is 33.8 Å². The Labute approximate surface area is 169 Å². The van der Waals surface area contributed by atoms with E-state index in [9.17, 15) is 4.79 Å². The molecule has 0 atom stereocenters. The summed E-state index contributed by atoms with van der Waals surface area (Å²) in [7, 11) is 2.02. The van der Waals surface area contributed by atoms with Crippen molar-refractivity contribution in [3.8, 4) is 11.5 Å². The summed E-state index contributed by atoms with van der Waals surface area (Å²) in [5.74, 6) is 1.43. The monoisotopic (exact) mass is 387 g/mol. The first-order chi connectivity index (χ1) is 14.2. The van der Waals surface area contributed by atoms with Crippen LogP contribution in [0.1, 0.15) is 18.1 Å². The molecule has 3 aromatic carbocycles. The first-order valence-electron chi connectivity index (χ1n) is 9.40. The van der Waals surface area contributed by atoms with Gasteiger partial charge in [-0.25, -0.2) is 0 Å². The summed E-state index contributed by atoms with van der Waals surface area (Å²) in [6.45, 7) is 2.91. The van der Waals surface area contributed by atoms with Crippen LogP contribution in [0.4, 0.5) is 11.4 Å². The molecule has 0 bridgehead atoms. The minimum atomic E-state index is 0.136. The number of nitrogens with zero attached hydrogens (tertiary/aromatic N) is 1. The Morgan fingerprint density at radius 2 is 1.41 bits per heavy atom. The van der Waals surface area contributed by atoms with Gasteiger partial charge in [-0.15, -0.1) is 0 Å². The van der Waals surface area contributed by atoms with E-state index in [4.69, 9.17) is 14.2 Å². The summed E-state index contributed by atoms with van der Waals surface area (Å²) >= 11 is 0. The topological polar surface area (TPSA) is 48.0 Å². The van der Waals surface area contributed by atoms with Crippen LogP contribution in [-0.2, 0) is 9.53 Å². The number of hydrogen-bond donors (Lipinski definition) is 0. The summed E-state index contributed by atoms with van der Waals surface area (Å²) in [4.78, 5) is 13.4. The third-order valence-corrected chi connectivity index (χ3v) is 4.77. The largest absolute Gasteiger partial charge is 0.494 e. The van der Waals surface area contributed by atoms with Crippen LogP contribution in [-0.4, -0.2) is 20.1 Å². The van der Waals surface area contributed by atoms with Gasteiger partial charge in [-0.2, -0.15) is 0 Å². The summed E-state index contributed by atoms with van der Waals surface area (Å²) in [6, 6.07) is 23.1. The second-order valence-electron chi connectivity index (χ2n) is 6.48. The van der Waals surface area contributed by atoms with Crippen LogP contribution in [0.15, 0.2) is 78.7 Å². The maximum atomic E-state index is 11.3. The molecule has 3 aromatic rings. The summed E-state index contributed by atoms with van der Waals surface area (Å²) in [5.41, 5.74) is 4.59. The highest BCUT2D eigenvalue weighted by molar-refractivity contribution is 5.98. The number of carbonyl (C=O) groups excluding carboxylic acids is 1. The number of fused-ring (bicyclic) bond motifs is 2. The van der Waals surface area contributed by atoms with Crippen LogP contribution in [0.25, 0.3) is 5.57 Å². The molecule has 0 saturated heterocycles. The van der Waals surface area contributed by atoms with Crippen molar-refractivity contribution in [3.05, 3.63) is 89.9 Å². The summed E-state index contributed by atoms with van der Waals surface area (Å²) in [6.07, 6.45) is 0. The molecule has 29 heavy (non-hydrogen) atoms. The molecule has 0 aromatic heterocycles. The van der Waals surface area contributed by atoms with E-state index in [-0.39, 0.29) is 5.95 Å². The van der Waals surface area contributed by atoms with Crippen LogP contribution < -0.4 is 14.4 Å². The minimum Gasteiger partial charge on any atom is -0.494 e. The number of rotatable bonds is 6. The Morgan fingerprint density at radius 3 is 1.97 bits per heavy atom. The second-order valence-corrected chi connectivity index (χ2v) is 6.48. The third kappa shape index (κ3) is 3.55. The van der Waals surface area contributed by atoms with E-state index in [1.165, 1.54) is 0 Å².